The fourth-order valence-corrected chi connectivity index (χ4v) is 4.70. The molecule has 0 amide bonds. The van der Waals surface area contributed by atoms with Gasteiger partial charge in [0.1, 0.15) is 6.61 Å². The van der Waals surface area contributed by atoms with Crippen LogP contribution in [0.15, 0.2) is 95.9 Å². The summed E-state index contributed by atoms with van der Waals surface area (Å²) in [4.78, 5) is 41.2. The number of nitrogens with zero attached hydrogens (tertiary/aromatic N) is 3. The molecular weight excluding hydrogens is 512 g/mol. The highest BCUT2D eigenvalue weighted by Crippen LogP contribution is 2.40. The first-order valence-corrected chi connectivity index (χ1v) is 12.6. The number of nitrogens with one attached hydrogen (secondary N) is 1. The molecule has 10 heteroatoms. The van der Waals surface area contributed by atoms with Crippen molar-refractivity contribution >= 4 is 23.2 Å². The van der Waals surface area contributed by atoms with Gasteiger partial charge in [0.15, 0.2) is 0 Å². The van der Waals surface area contributed by atoms with Crippen LogP contribution in [0.1, 0.15) is 43.4 Å². The van der Waals surface area contributed by atoms with Crippen molar-refractivity contribution in [2.24, 2.45) is 0 Å². The second kappa shape index (κ2) is 12.2. The number of nitro groups is 1. The number of carbonyl (C=O) groups excluding carboxylic acids is 2. The van der Waals surface area contributed by atoms with Gasteiger partial charge in [0, 0.05) is 42.5 Å². The van der Waals surface area contributed by atoms with E-state index in [1.807, 2.05) is 42.0 Å². The van der Waals surface area contributed by atoms with E-state index in [0.29, 0.717) is 17.0 Å². The van der Waals surface area contributed by atoms with E-state index >= 15 is 0 Å². The van der Waals surface area contributed by atoms with Crippen molar-refractivity contribution in [2.75, 3.05) is 13.7 Å². The Balaban J connectivity index is 1.54. The summed E-state index contributed by atoms with van der Waals surface area (Å²) in [6.45, 7) is 6.03. The SMILES string of the molecule is COC(=O)C1=C(C)NC(C)=C(C(=O)OCC=C(C)c2ccc(Cn3ccnc3)cc2)C1c1cccc([N+](=O)[O-])c1. The lowest BCUT2D eigenvalue weighted by molar-refractivity contribution is -0.384. The molecule has 0 fully saturated rings. The Hall–Kier alpha value is -4.99. The maximum Gasteiger partial charge on any atom is 0.337 e. The number of nitro benzene ring substituents is 1. The molecule has 1 aliphatic rings. The summed E-state index contributed by atoms with van der Waals surface area (Å²) >= 11 is 0. The van der Waals surface area contributed by atoms with E-state index in [0.717, 1.165) is 23.2 Å². The number of imidazole rings is 1. The zero-order valence-corrected chi connectivity index (χ0v) is 22.7. The average molecular weight is 543 g/mol. The summed E-state index contributed by atoms with van der Waals surface area (Å²) in [5.41, 5.74) is 4.64. The Morgan fingerprint density at radius 3 is 2.42 bits per heavy atom. The second-order valence-electron chi connectivity index (χ2n) is 9.40. The molecule has 3 aromatic rings. The number of ether oxygens (including phenoxy) is 2. The number of dihydropyridines is 1. The minimum absolute atomic E-state index is 0.00382. The fraction of sp³-hybridized carbons (Fsp3) is 0.233. The van der Waals surface area contributed by atoms with Crippen molar-refractivity contribution in [1.29, 1.82) is 0 Å². The molecule has 10 nitrogen and oxygen atoms in total. The third kappa shape index (κ3) is 6.17. The molecule has 4 rings (SSSR count). The summed E-state index contributed by atoms with van der Waals surface area (Å²) < 4.78 is 12.6. The quantitative estimate of drug-likeness (QED) is 0.230. The van der Waals surface area contributed by atoms with E-state index in [2.05, 4.69) is 10.3 Å². The number of carbonyl (C=O) groups is 2. The Morgan fingerprint density at radius 2 is 1.80 bits per heavy atom. The van der Waals surface area contributed by atoms with Crippen LogP contribution in [-0.2, 0) is 25.6 Å². The number of esters is 2. The number of allylic oxidation sites excluding steroid dienone is 3. The van der Waals surface area contributed by atoms with Crippen molar-refractivity contribution < 1.29 is 24.0 Å². The Morgan fingerprint density at radius 1 is 1.10 bits per heavy atom. The molecule has 0 aliphatic carbocycles. The number of aromatic nitrogens is 2. The molecule has 0 spiro atoms. The highest BCUT2D eigenvalue weighted by atomic mass is 16.6. The standard InChI is InChI=1S/C30H30N4O6/c1-19(23-10-8-22(9-11-23)17-33-14-13-31-18-33)12-15-40-30(36)27-21(3)32-20(2)26(29(35)39-4)28(27)24-6-5-7-25(16-24)34(37)38/h5-14,16,18,28,32H,15,17H2,1-4H3. The molecule has 2 aromatic carbocycles. The summed E-state index contributed by atoms with van der Waals surface area (Å²) in [5, 5.41) is 14.5. The number of benzene rings is 2. The molecule has 0 radical (unpaired) electrons. The van der Waals surface area contributed by atoms with E-state index in [4.69, 9.17) is 9.47 Å². The topological polar surface area (TPSA) is 126 Å². The van der Waals surface area contributed by atoms with Crippen LogP contribution in [0.25, 0.3) is 5.57 Å². The van der Waals surface area contributed by atoms with Gasteiger partial charge >= 0.3 is 11.9 Å². The molecular formula is C30H30N4O6. The normalized spacial score (nSPS) is 15.5. The number of hydrogen-bond acceptors (Lipinski definition) is 8. The number of rotatable bonds is 9. The summed E-state index contributed by atoms with van der Waals surface area (Å²) in [6.07, 6.45) is 7.21. The van der Waals surface area contributed by atoms with E-state index < -0.39 is 22.8 Å². The van der Waals surface area contributed by atoms with E-state index in [-0.39, 0.29) is 23.4 Å². The van der Waals surface area contributed by atoms with Crippen LogP contribution >= 0.6 is 0 Å². The van der Waals surface area contributed by atoms with Crippen molar-refractivity contribution in [3.05, 3.63) is 123 Å². The third-order valence-electron chi connectivity index (χ3n) is 6.74. The van der Waals surface area contributed by atoms with Gasteiger partial charge in [-0.1, -0.05) is 36.4 Å². The average Bonchev–Trinajstić information content (AvgIpc) is 3.45. The summed E-state index contributed by atoms with van der Waals surface area (Å²) in [7, 11) is 1.24. The molecule has 0 bridgehead atoms. The van der Waals surface area contributed by atoms with Crippen LogP contribution in [0.5, 0.6) is 0 Å². The molecule has 1 aliphatic heterocycles. The first-order valence-electron chi connectivity index (χ1n) is 12.6. The monoisotopic (exact) mass is 542 g/mol. The maximum atomic E-state index is 13.4. The van der Waals surface area contributed by atoms with Crippen LogP contribution in [0, 0.1) is 10.1 Å². The van der Waals surface area contributed by atoms with Gasteiger partial charge in [-0.15, -0.1) is 0 Å². The summed E-state index contributed by atoms with van der Waals surface area (Å²) in [6, 6.07) is 13.9. The van der Waals surface area contributed by atoms with Gasteiger partial charge in [0.25, 0.3) is 5.69 Å². The van der Waals surface area contributed by atoms with Gasteiger partial charge in [0.2, 0.25) is 0 Å². The molecule has 0 saturated carbocycles. The van der Waals surface area contributed by atoms with E-state index in [1.54, 1.807) is 38.5 Å². The molecule has 1 aromatic heterocycles. The summed E-state index contributed by atoms with van der Waals surface area (Å²) in [5.74, 6) is -2.20. The molecule has 0 saturated heterocycles. The van der Waals surface area contributed by atoms with Crippen LogP contribution in [0.4, 0.5) is 5.69 Å². The van der Waals surface area contributed by atoms with Crippen LogP contribution < -0.4 is 5.32 Å². The smallest absolute Gasteiger partial charge is 0.337 e. The zero-order valence-electron chi connectivity index (χ0n) is 22.7. The molecule has 1 N–H and O–H groups in total. The first kappa shape index (κ1) is 28.0. The lowest BCUT2D eigenvalue weighted by atomic mass is 9.80. The van der Waals surface area contributed by atoms with Crippen LogP contribution in [0.2, 0.25) is 0 Å². The predicted octanol–water partition coefficient (Wildman–Crippen LogP) is 4.89. The van der Waals surface area contributed by atoms with Crippen molar-refractivity contribution in [3.8, 4) is 0 Å². The molecule has 206 valence electrons. The van der Waals surface area contributed by atoms with Crippen LogP contribution in [0.3, 0.4) is 0 Å². The van der Waals surface area contributed by atoms with Gasteiger partial charge < -0.3 is 19.4 Å². The first-order chi connectivity index (χ1) is 19.2. The number of methoxy groups -OCH3 is 1. The Kier molecular flexibility index (Phi) is 8.58. The van der Waals surface area contributed by atoms with Gasteiger partial charge in [-0.3, -0.25) is 10.1 Å². The second-order valence-corrected chi connectivity index (χ2v) is 9.40. The molecule has 1 atom stereocenters. The molecule has 2 heterocycles. The predicted molar refractivity (Wildman–Crippen MR) is 149 cm³/mol. The van der Waals surface area contributed by atoms with Gasteiger partial charge in [0.05, 0.1) is 35.4 Å². The Bertz CT molecular complexity index is 1520. The van der Waals surface area contributed by atoms with E-state index in [9.17, 15) is 19.7 Å². The van der Waals surface area contributed by atoms with Gasteiger partial charge in [-0.25, -0.2) is 14.6 Å². The van der Waals surface area contributed by atoms with Gasteiger partial charge in [-0.2, -0.15) is 0 Å². The number of non-ortho nitro benzene ring substituents is 1. The highest BCUT2D eigenvalue weighted by Gasteiger charge is 2.38. The minimum atomic E-state index is -0.908. The van der Waals surface area contributed by atoms with Gasteiger partial charge in [-0.05, 0) is 49.1 Å². The largest absolute Gasteiger partial charge is 0.466 e. The molecule has 1 unspecified atom stereocenters. The minimum Gasteiger partial charge on any atom is -0.466 e. The Labute approximate surface area is 231 Å². The fourth-order valence-electron chi connectivity index (χ4n) is 4.70. The third-order valence-corrected chi connectivity index (χ3v) is 6.74. The highest BCUT2D eigenvalue weighted by molar-refractivity contribution is 6.00. The van der Waals surface area contributed by atoms with Crippen molar-refractivity contribution in [3.63, 3.8) is 0 Å². The van der Waals surface area contributed by atoms with Crippen molar-refractivity contribution in [1.82, 2.24) is 14.9 Å². The molecule has 40 heavy (non-hydrogen) atoms. The zero-order chi connectivity index (χ0) is 28.8. The maximum absolute atomic E-state index is 13.4. The lowest BCUT2D eigenvalue weighted by Crippen LogP contribution is -2.32. The lowest BCUT2D eigenvalue weighted by Gasteiger charge is -2.30. The number of hydrogen-bond donors (Lipinski definition) is 1. The van der Waals surface area contributed by atoms with E-state index in [1.165, 1.54) is 25.3 Å². The van der Waals surface area contributed by atoms with Crippen LogP contribution in [-0.4, -0.2) is 40.1 Å². The van der Waals surface area contributed by atoms with Crippen molar-refractivity contribution in [2.45, 2.75) is 33.2 Å².